The molecule has 1 amide bonds. The van der Waals surface area contributed by atoms with Gasteiger partial charge in [-0.15, -0.1) is 22.7 Å². The van der Waals surface area contributed by atoms with Crippen LogP contribution in [0.1, 0.15) is 10.8 Å². The first-order valence-corrected chi connectivity index (χ1v) is 8.23. The number of rotatable bonds is 6. The normalized spacial score (nSPS) is 10.7. The van der Waals surface area contributed by atoms with Gasteiger partial charge < -0.3 is 9.84 Å². The van der Waals surface area contributed by atoms with Crippen molar-refractivity contribution in [2.24, 2.45) is 0 Å². The molecule has 0 aliphatic heterocycles. The van der Waals surface area contributed by atoms with Gasteiger partial charge in [0.05, 0.1) is 11.3 Å². The van der Waals surface area contributed by atoms with Crippen LogP contribution in [0, 0.1) is 0 Å². The van der Waals surface area contributed by atoms with E-state index >= 15 is 0 Å². The van der Waals surface area contributed by atoms with Crippen LogP contribution < -0.4 is 5.32 Å². The Labute approximate surface area is 129 Å². The number of carbonyl (C=O) groups is 1. The SMILES string of the molecule is O=C(Cc1cccs1)NCCc1nc(-c2cccs2)no1. The van der Waals surface area contributed by atoms with Crippen LogP contribution in [0.3, 0.4) is 0 Å². The fourth-order valence-electron chi connectivity index (χ4n) is 1.81. The second kappa shape index (κ2) is 6.64. The van der Waals surface area contributed by atoms with Gasteiger partial charge in [0.15, 0.2) is 0 Å². The van der Waals surface area contributed by atoms with Crippen molar-refractivity contribution in [2.45, 2.75) is 12.8 Å². The summed E-state index contributed by atoms with van der Waals surface area (Å²) in [6.45, 7) is 0.496. The van der Waals surface area contributed by atoms with Crippen LogP contribution in [0.5, 0.6) is 0 Å². The number of carbonyl (C=O) groups excluding carboxylic acids is 1. The van der Waals surface area contributed by atoms with E-state index in [1.165, 1.54) is 0 Å². The molecule has 0 aliphatic carbocycles. The van der Waals surface area contributed by atoms with Crippen molar-refractivity contribution < 1.29 is 9.32 Å². The van der Waals surface area contributed by atoms with Gasteiger partial charge in [0, 0.05) is 17.8 Å². The summed E-state index contributed by atoms with van der Waals surface area (Å²) < 4.78 is 5.17. The number of hydrogen-bond acceptors (Lipinski definition) is 6. The number of aromatic nitrogens is 2. The van der Waals surface area contributed by atoms with Crippen molar-refractivity contribution in [3.05, 3.63) is 45.8 Å². The van der Waals surface area contributed by atoms with Crippen molar-refractivity contribution in [3.8, 4) is 10.7 Å². The minimum atomic E-state index is 0.00967. The molecule has 5 nitrogen and oxygen atoms in total. The molecule has 0 fully saturated rings. The number of amides is 1. The Morgan fingerprint density at radius 3 is 2.86 bits per heavy atom. The Hall–Kier alpha value is -1.99. The maximum absolute atomic E-state index is 11.7. The van der Waals surface area contributed by atoms with Gasteiger partial charge in [-0.1, -0.05) is 17.3 Å². The molecule has 0 bridgehead atoms. The van der Waals surface area contributed by atoms with Crippen LogP contribution in [0.2, 0.25) is 0 Å². The third-order valence-corrected chi connectivity index (χ3v) is 4.53. The van der Waals surface area contributed by atoms with E-state index in [0.29, 0.717) is 31.1 Å². The van der Waals surface area contributed by atoms with E-state index in [2.05, 4.69) is 15.5 Å². The standard InChI is InChI=1S/C14H13N3O2S2/c18-12(9-10-3-1-7-20-10)15-6-5-13-16-14(17-19-13)11-4-2-8-21-11/h1-4,7-8H,5-6,9H2,(H,15,18). The van der Waals surface area contributed by atoms with Gasteiger partial charge in [-0.05, 0) is 22.9 Å². The van der Waals surface area contributed by atoms with Crippen molar-refractivity contribution in [1.82, 2.24) is 15.5 Å². The van der Waals surface area contributed by atoms with Gasteiger partial charge in [-0.2, -0.15) is 4.98 Å². The molecule has 0 aliphatic rings. The predicted octanol–water partition coefficient (Wildman–Crippen LogP) is 2.76. The average molecular weight is 319 g/mol. The highest BCUT2D eigenvalue weighted by Crippen LogP contribution is 2.21. The van der Waals surface area contributed by atoms with E-state index in [1.54, 1.807) is 22.7 Å². The van der Waals surface area contributed by atoms with Gasteiger partial charge >= 0.3 is 0 Å². The Balaban J connectivity index is 1.46. The number of hydrogen-bond donors (Lipinski definition) is 1. The Morgan fingerprint density at radius 2 is 2.10 bits per heavy atom. The zero-order valence-electron chi connectivity index (χ0n) is 11.1. The minimum Gasteiger partial charge on any atom is -0.355 e. The molecule has 21 heavy (non-hydrogen) atoms. The van der Waals surface area contributed by atoms with Crippen LogP contribution >= 0.6 is 22.7 Å². The lowest BCUT2D eigenvalue weighted by molar-refractivity contribution is -0.120. The van der Waals surface area contributed by atoms with E-state index in [-0.39, 0.29) is 5.91 Å². The molecule has 3 heterocycles. The van der Waals surface area contributed by atoms with Crippen molar-refractivity contribution in [1.29, 1.82) is 0 Å². The number of thiophene rings is 2. The molecule has 0 saturated heterocycles. The summed E-state index contributed by atoms with van der Waals surface area (Å²) in [6, 6.07) is 7.79. The molecule has 3 rings (SSSR count). The smallest absolute Gasteiger partial charge is 0.228 e. The quantitative estimate of drug-likeness (QED) is 0.758. The average Bonchev–Trinajstić information content (AvgIpc) is 3.21. The fraction of sp³-hybridized carbons (Fsp3) is 0.214. The molecule has 0 radical (unpaired) electrons. The van der Waals surface area contributed by atoms with Crippen LogP contribution in [0.25, 0.3) is 10.7 Å². The first-order chi connectivity index (χ1) is 10.3. The zero-order chi connectivity index (χ0) is 14.5. The maximum Gasteiger partial charge on any atom is 0.228 e. The van der Waals surface area contributed by atoms with E-state index in [9.17, 15) is 4.79 Å². The molecule has 1 N–H and O–H groups in total. The summed E-state index contributed by atoms with van der Waals surface area (Å²) in [5, 5.41) is 10.7. The van der Waals surface area contributed by atoms with Crippen LogP contribution in [0.15, 0.2) is 39.5 Å². The summed E-state index contributed by atoms with van der Waals surface area (Å²) in [4.78, 5) is 18.1. The highest BCUT2D eigenvalue weighted by molar-refractivity contribution is 7.13. The van der Waals surface area contributed by atoms with Gasteiger partial charge in [0.1, 0.15) is 0 Å². The topological polar surface area (TPSA) is 68.0 Å². The van der Waals surface area contributed by atoms with E-state index in [4.69, 9.17) is 4.52 Å². The molecule has 0 saturated carbocycles. The summed E-state index contributed by atoms with van der Waals surface area (Å²) in [5.41, 5.74) is 0. The van der Waals surface area contributed by atoms with Gasteiger partial charge in [-0.25, -0.2) is 0 Å². The Kier molecular flexibility index (Phi) is 4.42. The first-order valence-electron chi connectivity index (χ1n) is 6.47. The molecule has 7 heteroatoms. The molecule has 3 aromatic heterocycles. The van der Waals surface area contributed by atoms with Crippen molar-refractivity contribution >= 4 is 28.6 Å². The molecular weight excluding hydrogens is 306 g/mol. The van der Waals surface area contributed by atoms with Gasteiger partial charge in [0.2, 0.25) is 17.6 Å². The molecule has 0 unspecified atom stereocenters. The largest absolute Gasteiger partial charge is 0.355 e. The van der Waals surface area contributed by atoms with Crippen molar-refractivity contribution in [2.75, 3.05) is 6.54 Å². The zero-order valence-corrected chi connectivity index (χ0v) is 12.7. The highest BCUT2D eigenvalue weighted by atomic mass is 32.1. The van der Waals surface area contributed by atoms with E-state index < -0.39 is 0 Å². The summed E-state index contributed by atoms with van der Waals surface area (Å²) >= 11 is 3.15. The second-order valence-electron chi connectivity index (χ2n) is 4.35. The highest BCUT2D eigenvalue weighted by Gasteiger charge is 2.10. The third kappa shape index (κ3) is 3.77. The Morgan fingerprint density at radius 1 is 1.24 bits per heavy atom. The number of nitrogens with one attached hydrogen (secondary N) is 1. The lowest BCUT2D eigenvalue weighted by Crippen LogP contribution is -2.27. The second-order valence-corrected chi connectivity index (χ2v) is 6.33. The number of nitrogens with zero attached hydrogens (tertiary/aromatic N) is 2. The maximum atomic E-state index is 11.7. The van der Waals surface area contributed by atoms with Crippen LogP contribution in [-0.2, 0) is 17.6 Å². The minimum absolute atomic E-state index is 0.00967. The lowest BCUT2D eigenvalue weighted by Gasteiger charge is -2.01. The van der Waals surface area contributed by atoms with E-state index in [1.807, 2.05) is 35.0 Å². The Bertz CT molecular complexity index is 690. The monoisotopic (exact) mass is 319 g/mol. The first kappa shape index (κ1) is 14.0. The third-order valence-electron chi connectivity index (χ3n) is 2.79. The summed E-state index contributed by atoms with van der Waals surface area (Å²) in [6.07, 6.45) is 0.955. The summed E-state index contributed by atoms with van der Waals surface area (Å²) in [5.74, 6) is 1.15. The molecule has 3 aromatic rings. The lowest BCUT2D eigenvalue weighted by atomic mass is 10.3. The van der Waals surface area contributed by atoms with Crippen LogP contribution in [-0.4, -0.2) is 22.6 Å². The van der Waals surface area contributed by atoms with E-state index in [0.717, 1.165) is 9.75 Å². The fourth-order valence-corrected chi connectivity index (χ4v) is 3.16. The molecular formula is C14H13N3O2S2. The van der Waals surface area contributed by atoms with Crippen LogP contribution in [0.4, 0.5) is 0 Å². The molecule has 0 spiro atoms. The van der Waals surface area contributed by atoms with Gasteiger partial charge in [-0.3, -0.25) is 4.79 Å². The van der Waals surface area contributed by atoms with Gasteiger partial charge in [0.25, 0.3) is 0 Å². The summed E-state index contributed by atoms with van der Waals surface area (Å²) in [7, 11) is 0. The predicted molar refractivity (Wildman–Crippen MR) is 82.3 cm³/mol. The molecule has 0 atom stereocenters. The molecule has 0 aromatic carbocycles. The molecule has 108 valence electrons. The van der Waals surface area contributed by atoms with Crippen molar-refractivity contribution in [3.63, 3.8) is 0 Å².